The summed E-state index contributed by atoms with van der Waals surface area (Å²) in [5.74, 6) is -0.269. The highest BCUT2D eigenvalue weighted by atomic mass is 19.1. The Morgan fingerprint density at radius 1 is 0.903 bits per heavy atom. The molecule has 2 rings (SSSR count). The van der Waals surface area contributed by atoms with Gasteiger partial charge in [0.15, 0.2) is 34.6 Å². The molecule has 31 heavy (non-hydrogen) atoms. The number of phenolic OH excluding ortho intramolecular Hbond substituents is 2. The maximum absolute atomic E-state index is 12.1. The normalized spacial score (nSPS) is 11.2. The zero-order valence-corrected chi connectivity index (χ0v) is 17.2. The standard InChI is InChI=1S/C24H25FO6/c1-30-23-14-17(6-10-21(23)28)4-8-19(26)16-20(27)9-5-18-7-11-22(29)24(15-18)31-13-3-2-12-25/h4-11,14-15,28-29H,2-3,12-13,16H2,1H3/b8-4+,9-5+. The first-order valence-corrected chi connectivity index (χ1v) is 9.73. The van der Waals surface area contributed by atoms with Crippen LogP contribution in [0.25, 0.3) is 12.2 Å². The van der Waals surface area contributed by atoms with Crippen molar-refractivity contribution in [3.63, 3.8) is 0 Å². The van der Waals surface area contributed by atoms with E-state index in [9.17, 15) is 24.2 Å². The van der Waals surface area contributed by atoms with Gasteiger partial charge >= 0.3 is 0 Å². The number of benzene rings is 2. The molecular weight excluding hydrogens is 403 g/mol. The molecule has 2 aromatic rings. The summed E-state index contributed by atoms with van der Waals surface area (Å²) in [6, 6.07) is 9.25. The van der Waals surface area contributed by atoms with Gasteiger partial charge in [0, 0.05) is 0 Å². The van der Waals surface area contributed by atoms with Crippen LogP contribution in [0.2, 0.25) is 0 Å². The number of carbonyl (C=O) groups excluding carboxylic acids is 2. The summed E-state index contributed by atoms with van der Waals surface area (Å²) in [5, 5.41) is 19.4. The molecule has 0 aromatic heterocycles. The van der Waals surface area contributed by atoms with Crippen molar-refractivity contribution in [2.75, 3.05) is 20.4 Å². The molecule has 0 unspecified atom stereocenters. The topological polar surface area (TPSA) is 93.1 Å². The zero-order chi connectivity index (χ0) is 22.6. The van der Waals surface area contributed by atoms with Crippen LogP contribution in [0.4, 0.5) is 4.39 Å². The molecular formula is C24H25FO6. The van der Waals surface area contributed by atoms with Crippen molar-refractivity contribution < 1.29 is 33.7 Å². The first kappa shape index (κ1) is 23.7. The van der Waals surface area contributed by atoms with Crippen molar-refractivity contribution in [2.45, 2.75) is 19.3 Å². The summed E-state index contributed by atoms with van der Waals surface area (Å²) in [5.41, 5.74) is 1.26. The molecule has 0 amide bonds. The second-order valence-electron chi connectivity index (χ2n) is 6.68. The lowest BCUT2D eigenvalue weighted by atomic mass is 10.1. The average molecular weight is 428 g/mol. The van der Waals surface area contributed by atoms with Gasteiger partial charge in [-0.1, -0.05) is 24.3 Å². The Bertz CT molecular complexity index is 965. The van der Waals surface area contributed by atoms with Crippen molar-refractivity contribution in [3.8, 4) is 23.0 Å². The predicted molar refractivity (Wildman–Crippen MR) is 116 cm³/mol. The number of allylic oxidation sites excluding steroid dienone is 2. The van der Waals surface area contributed by atoms with Crippen LogP contribution < -0.4 is 9.47 Å². The van der Waals surface area contributed by atoms with Gasteiger partial charge in [0.05, 0.1) is 26.8 Å². The highest BCUT2D eigenvalue weighted by Crippen LogP contribution is 2.28. The minimum Gasteiger partial charge on any atom is -0.504 e. The molecule has 2 N–H and O–H groups in total. The number of aromatic hydroxyl groups is 2. The summed E-state index contributed by atoms with van der Waals surface area (Å²) in [4.78, 5) is 24.1. The Labute approximate surface area is 180 Å². The lowest BCUT2D eigenvalue weighted by Gasteiger charge is -2.08. The molecule has 0 saturated carbocycles. The maximum Gasteiger partial charge on any atom is 0.163 e. The van der Waals surface area contributed by atoms with Gasteiger partial charge < -0.3 is 19.7 Å². The Morgan fingerprint density at radius 3 is 2.00 bits per heavy atom. The Morgan fingerprint density at radius 2 is 1.45 bits per heavy atom. The number of carbonyl (C=O) groups is 2. The van der Waals surface area contributed by atoms with Gasteiger partial charge in [-0.25, -0.2) is 0 Å². The van der Waals surface area contributed by atoms with Crippen molar-refractivity contribution in [3.05, 3.63) is 59.7 Å². The highest BCUT2D eigenvalue weighted by molar-refractivity contribution is 6.10. The first-order valence-electron chi connectivity index (χ1n) is 9.73. The number of ketones is 2. The number of alkyl halides is 1. The molecule has 7 heteroatoms. The number of hydrogen-bond donors (Lipinski definition) is 2. The molecule has 0 atom stereocenters. The lowest BCUT2D eigenvalue weighted by Crippen LogP contribution is -2.02. The molecule has 0 aliphatic rings. The largest absolute Gasteiger partial charge is 0.504 e. The summed E-state index contributed by atoms with van der Waals surface area (Å²) in [6.07, 6.45) is 6.26. The molecule has 0 fully saturated rings. The van der Waals surface area contributed by atoms with E-state index in [0.717, 1.165) is 0 Å². The molecule has 164 valence electrons. The molecule has 6 nitrogen and oxygen atoms in total. The number of ether oxygens (including phenoxy) is 2. The van der Waals surface area contributed by atoms with Crippen LogP contribution in [0.3, 0.4) is 0 Å². The fourth-order valence-electron chi connectivity index (χ4n) is 2.59. The fraction of sp³-hybridized carbons (Fsp3) is 0.250. The molecule has 0 saturated heterocycles. The third-order valence-electron chi connectivity index (χ3n) is 4.24. The van der Waals surface area contributed by atoms with E-state index in [4.69, 9.17) is 9.47 Å². The van der Waals surface area contributed by atoms with E-state index in [1.807, 2.05) is 0 Å². The number of rotatable bonds is 12. The van der Waals surface area contributed by atoms with Crippen molar-refractivity contribution in [2.24, 2.45) is 0 Å². The molecule has 0 aliphatic carbocycles. The Kier molecular flexibility index (Phi) is 9.29. The second-order valence-corrected chi connectivity index (χ2v) is 6.68. The number of unbranched alkanes of at least 4 members (excludes halogenated alkanes) is 1. The Hall–Kier alpha value is -3.61. The van der Waals surface area contributed by atoms with Crippen LogP contribution in [-0.2, 0) is 9.59 Å². The van der Waals surface area contributed by atoms with Gasteiger partial charge in [0.25, 0.3) is 0 Å². The van der Waals surface area contributed by atoms with Crippen molar-refractivity contribution in [1.29, 1.82) is 0 Å². The van der Waals surface area contributed by atoms with Gasteiger partial charge in [-0.3, -0.25) is 14.0 Å². The summed E-state index contributed by atoms with van der Waals surface area (Å²) >= 11 is 0. The van der Waals surface area contributed by atoms with Gasteiger partial charge in [-0.2, -0.15) is 0 Å². The summed E-state index contributed by atoms with van der Waals surface area (Å²) in [7, 11) is 1.43. The van der Waals surface area contributed by atoms with Crippen LogP contribution in [0.15, 0.2) is 48.6 Å². The number of halogens is 1. The fourth-order valence-corrected chi connectivity index (χ4v) is 2.59. The highest BCUT2D eigenvalue weighted by Gasteiger charge is 2.06. The summed E-state index contributed by atoms with van der Waals surface area (Å²) < 4.78 is 22.6. The van der Waals surface area contributed by atoms with Crippen molar-refractivity contribution >= 4 is 23.7 Å². The SMILES string of the molecule is COc1cc(/C=C/C(=O)CC(=O)/C=C/c2ccc(O)c(OCCCCF)c2)ccc1O. The number of phenols is 2. The van der Waals surface area contributed by atoms with E-state index in [2.05, 4.69) is 0 Å². The van der Waals surface area contributed by atoms with Gasteiger partial charge in [-0.05, 0) is 60.4 Å². The molecule has 0 aliphatic heterocycles. The Balaban J connectivity index is 1.92. The van der Waals surface area contributed by atoms with E-state index in [0.29, 0.717) is 24.0 Å². The molecule has 0 spiro atoms. The van der Waals surface area contributed by atoms with Gasteiger partial charge in [0.1, 0.15) is 0 Å². The minimum atomic E-state index is -0.419. The number of methoxy groups -OCH3 is 1. The zero-order valence-electron chi connectivity index (χ0n) is 17.2. The monoisotopic (exact) mass is 428 g/mol. The van der Waals surface area contributed by atoms with Crippen LogP contribution in [-0.4, -0.2) is 42.2 Å². The smallest absolute Gasteiger partial charge is 0.163 e. The maximum atomic E-state index is 12.1. The van der Waals surface area contributed by atoms with E-state index in [1.54, 1.807) is 24.3 Å². The van der Waals surface area contributed by atoms with Crippen molar-refractivity contribution in [1.82, 2.24) is 0 Å². The molecule has 0 radical (unpaired) electrons. The van der Waals surface area contributed by atoms with Gasteiger partial charge in [-0.15, -0.1) is 0 Å². The molecule has 0 heterocycles. The van der Waals surface area contributed by atoms with E-state index in [-0.39, 0.29) is 47.6 Å². The van der Waals surface area contributed by atoms with Crippen LogP contribution in [0.1, 0.15) is 30.4 Å². The first-order chi connectivity index (χ1) is 14.9. The predicted octanol–water partition coefficient (Wildman–Crippen LogP) is 4.49. The third-order valence-corrected chi connectivity index (χ3v) is 4.24. The average Bonchev–Trinajstić information content (AvgIpc) is 2.76. The van der Waals surface area contributed by atoms with Crippen LogP contribution in [0, 0.1) is 0 Å². The van der Waals surface area contributed by atoms with E-state index >= 15 is 0 Å². The number of hydrogen-bond acceptors (Lipinski definition) is 6. The minimum absolute atomic E-state index is 0.00570. The molecule has 0 bridgehead atoms. The summed E-state index contributed by atoms with van der Waals surface area (Å²) in [6.45, 7) is -0.144. The van der Waals surface area contributed by atoms with E-state index in [1.165, 1.54) is 43.5 Å². The second kappa shape index (κ2) is 12.2. The van der Waals surface area contributed by atoms with Crippen LogP contribution >= 0.6 is 0 Å². The van der Waals surface area contributed by atoms with E-state index < -0.39 is 6.67 Å². The lowest BCUT2D eigenvalue weighted by molar-refractivity contribution is -0.121. The van der Waals surface area contributed by atoms with Gasteiger partial charge in [0.2, 0.25) is 0 Å². The van der Waals surface area contributed by atoms with Crippen LogP contribution in [0.5, 0.6) is 23.0 Å². The third kappa shape index (κ3) is 7.97. The molecule has 2 aromatic carbocycles. The quantitative estimate of drug-likeness (QED) is 0.294.